The highest BCUT2D eigenvalue weighted by atomic mass is 32.2. The van der Waals surface area contributed by atoms with Gasteiger partial charge in [0.25, 0.3) is 0 Å². The van der Waals surface area contributed by atoms with E-state index >= 15 is 0 Å². The summed E-state index contributed by atoms with van der Waals surface area (Å²) in [7, 11) is -0.806. The zero-order valence-corrected chi connectivity index (χ0v) is 12.1. The van der Waals surface area contributed by atoms with Gasteiger partial charge in [0, 0.05) is 10.6 Å². The van der Waals surface area contributed by atoms with Gasteiger partial charge in [-0.2, -0.15) is 0 Å². The Morgan fingerprint density at radius 3 is 2.29 bits per heavy atom. The average Bonchev–Trinajstić information content (AvgIpc) is 2.29. The first-order chi connectivity index (χ1) is 8.09. The fourth-order valence-corrected chi connectivity index (χ4v) is 2.91. The lowest BCUT2D eigenvalue weighted by Gasteiger charge is -2.05. The molecule has 0 spiro atoms. The Labute approximate surface area is 108 Å². The molecule has 0 aliphatic carbocycles. The molecule has 2 heteroatoms. The second-order valence-electron chi connectivity index (χ2n) is 5.11. The number of benzene rings is 1. The van der Waals surface area contributed by atoms with Crippen LogP contribution in [0.15, 0.2) is 29.2 Å². The maximum atomic E-state index is 12.0. The summed E-state index contributed by atoms with van der Waals surface area (Å²) in [4.78, 5) is 0.972. The molecule has 0 saturated carbocycles. The summed E-state index contributed by atoms with van der Waals surface area (Å²) < 4.78 is 12.0. The van der Waals surface area contributed by atoms with Crippen molar-refractivity contribution in [3.05, 3.63) is 29.8 Å². The molecule has 0 aliphatic rings. The second kappa shape index (κ2) is 7.65. The summed E-state index contributed by atoms with van der Waals surface area (Å²) in [6, 6.07) is 8.04. The molecule has 1 aromatic carbocycles. The lowest BCUT2D eigenvalue weighted by Crippen LogP contribution is -1.98. The van der Waals surface area contributed by atoms with Gasteiger partial charge >= 0.3 is 0 Å². The van der Waals surface area contributed by atoms with Crippen molar-refractivity contribution in [3.63, 3.8) is 0 Å². The molecule has 0 saturated heterocycles. The van der Waals surface area contributed by atoms with E-state index in [1.54, 1.807) is 0 Å². The monoisotopic (exact) mass is 252 g/mol. The third kappa shape index (κ3) is 6.02. The predicted octanol–water partition coefficient (Wildman–Crippen LogP) is 4.32. The maximum absolute atomic E-state index is 12.0. The zero-order valence-electron chi connectivity index (χ0n) is 11.2. The highest BCUT2D eigenvalue weighted by Crippen LogP contribution is 2.12. The zero-order chi connectivity index (χ0) is 12.7. The van der Waals surface area contributed by atoms with E-state index in [0.717, 1.165) is 23.0 Å². The van der Waals surface area contributed by atoms with Crippen LogP contribution in [0.2, 0.25) is 0 Å². The van der Waals surface area contributed by atoms with Crippen LogP contribution in [-0.2, 0) is 10.8 Å². The van der Waals surface area contributed by atoms with Crippen molar-refractivity contribution in [1.82, 2.24) is 0 Å². The van der Waals surface area contributed by atoms with Gasteiger partial charge in [-0.15, -0.1) is 0 Å². The van der Waals surface area contributed by atoms with E-state index in [1.165, 1.54) is 24.8 Å². The number of aryl methyl sites for hydroxylation is 1. The standard InChI is InChI=1S/C15H24OS/c1-13(2)7-5-4-6-12-17(16)15-10-8-14(3)9-11-15/h8-11,13H,4-7,12H2,1-3H3. The van der Waals surface area contributed by atoms with Crippen LogP contribution in [0.5, 0.6) is 0 Å². The number of hydrogen-bond acceptors (Lipinski definition) is 1. The molecule has 0 fully saturated rings. The van der Waals surface area contributed by atoms with E-state index in [2.05, 4.69) is 20.8 Å². The SMILES string of the molecule is Cc1ccc(S(=O)CCCCCC(C)C)cc1. The van der Waals surface area contributed by atoms with Crippen LogP contribution in [0.25, 0.3) is 0 Å². The lowest BCUT2D eigenvalue weighted by molar-refractivity contribution is 0.534. The molecule has 1 atom stereocenters. The summed E-state index contributed by atoms with van der Waals surface area (Å²) in [5, 5.41) is 0. The van der Waals surface area contributed by atoms with Crippen LogP contribution in [0.3, 0.4) is 0 Å². The Bertz CT molecular complexity index is 340. The average molecular weight is 252 g/mol. The summed E-state index contributed by atoms with van der Waals surface area (Å²) in [5.41, 5.74) is 1.22. The van der Waals surface area contributed by atoms with Crippen LogP contribution >= 0.6 is 0 Å². The minimum absolute atomic E-state index is 0.789. The summed E-state index contributed by atoms with van der Waals surface area (Å²) in [5.74, 6) is 1.60. The third-order valence-corrected chi connectivity index (χ3v) is 4.35. The van der Waals surface area contributed by atoms with E-state index in [1.807, 2.05) is 24.3 Å². The summed E-state index contributed by atoms with van der Waals surface area (Å²) in [6.45, 7) is 6.56. The van der Waals surface area contributed by atoms with E-state index in [-0.39, 0.29) is 0 Å². The smallest absolute Gasteiger partial charge is 0.0529 e. The van der Waals surface area contributed by atoms with Crippen LogP contribution in [-0.4, -0.2) is 9.96 Å². The van der Waals surface area contributed by atoms with Crippen molar-refractivity contribution >= 4 is 10.8 Å². The predicted molar refractivity (Wildman–Crippen MR) is 75.8 cm³/mol. The van der Waals surface area contributed by atoms with Crippen molar-refractivity contribution in [1.29, 1.82) is 0 Å². The highest BCUT2D eigenvalue weighted by molar-refractivity contribution is 7.85. The first-order valence-corrected chi connectivity index (χ1v) is 7.86. The highest BCUT2D eigenvalue weighted by Gasteiger charge is 2.03. The van der Waals surface area contributed by atoms with E-state index in [9.17, 15) is 4.21 Å². The molecule has 1 unspecified atom stereocenters. The van der Waals surface area contributed by atoms with Gasteiger partial charge in [-0.1, -0.05) is 50.8 Å². The Morgan fingerprint density at radius 1 is 1.06 bits per heavy atom. The summed E-state index contributed by atoms with van der Waals surface area (Å²) >= 11 is 0. The molecule has 0 heterocycles. The first kappa shape index (κ1) is 14.4. The molecule has 0 aromatic heterocycles. The van der Waals surface area contributed by atoms with Crippen LogP contribution < -0.4 is 0 Å². The minimum atomic E-state index is -0.806. The largest absolute Gasteiger partial charge is 0.254 e. The molecule has 0 N–H and O–H groups in total. The number of hydrogen-bond donors (Lipinski definition) is 0. The quantitative estimate of drug-likeness (QED) is 0.661. The Balaban J connectivity index is 2.23. The topological polar surface area (TPSA) is 17.1 Å². The molecule has 1 aromatic rings. The molecule has 0 radical (unpaired) electrons. The molecule has 0 bridgehead atoms. The first-order valence-electron chi connectivity index (χ1n) is 6.54. The van der Waals surface area contributed by atoms with Gasteiger partial charge in [-0.05, 0) is 31.4 Å². The molecule has 0 aliphatic heterocycles. The van der Waals surface area contributed by atoms with Crippen molar-refractivity contribution in [3.8, 4) is 0 Å². The van der Waals surface area contributed by atoms with Gasteiger partial charge in [0.15, 0.2) is 0 Å². The third-order valence-electron chi connectivity index (χ3n) is 2.90. The second-order valence-corrected chi connectivity index (χ2v) is 6.68. The Morgan fingerprint density at radius 2 is 1.71 bits per heavy atom. The fraction of sp³-hybridized carbons (Fsp3) is 0.600. The van der Waals surface area contributed by atoms with Gasteiger partial charge in [0.1, 0.15) is 0 Å². The molecule has 96 valence electrons. The molecular weight excluding hydrogens is 228 g/mol. The normalized spacial score (nSPS) is 12.9. The van der Waals surface area contributed by atoms with Crippen molar-refractivity contribution in [2.75, 3.05) is 5.75 Å². The van der Waals surface area contributed by atoms with E-state index < -0.39 is 10.8 Å². The van der Waals surface area contributed by atoms with Crippen molar-refractivity contribution in [2.24, 2.45) is 5.92 Å². The van der Waals surface area contributed by atoms with Crippen LogP contribution in [0.4, 0.5) is 0 Å². The maximum Gasteiger partial charge on any atom is 0.0529 e. The molecule has 0 amide bonds. The van der Waals surface area contributed by atoms with Gasteiger partial charge in [0.2, 0.25) is 0 Å². The molecular formula is C15H24OS. The Kier molecular flexibility index (Phi) is 6.49. The van der Waals surface area contributed by atoms with E-state index in [0.29, 0.717) is 0 Å². The Hall–Kier alpha value is -0.630. The fourth-order valence-electron chi connectivity index (χ4n) is 1.77. The number of unbranched alkanes of at least 4 members (excludes halogenated alkanes) is 2. The van der Waals surface area contributed by atoms with Crippen molar-refractivity contribution in [2.45, 2.75) is 51.3 Å². The van der Waals surface area contributed by atoms with Crippen LogP contribution in [0, 0.1) is 12.8 Å². The summed E-state index contributed by atoms with van der Waals surface area (Å²) in [6.07, 6.45) is 4.84. The van der Waals surface area contributed by atoms with E-state index in [4.69, 9.17) is 0 Å². The van der Waals surface area contributed by atoms with Gasteiger partial charge in [0.05, 0.1) is 10.8 Å². The van der Waals surface area contributed by atoms with Crippen molar-refractivity contribution < 1.29 is 4.21 Å². The minimum Gasteiger partial charge on any atom is -0.254 e. The molecule has 1 rings (SSSR count). The molecule has 1 nitrogen and oxygen atoms in total. The van der Waals surface area contributed by atoms with Crippen LogP contribution in [0.1, 0.15) is 45.1 Å². The molecule has 17 heavy (non-hydrogen) atoms. The van der Waals surface area contributed by atoms with Gasteiger partial charge in [-0.3, -0.25) is 4.21 Å². The van der Waals surface area contributed by atoms with Gasteiger partial charge in [-0.25, -0.2) is 0 Å². The lowest BCUT2D eigenvalue weighted by atomic mass is 10.1. The number of rotatable bonds is 7. The van der Waals surface area contributed by atoms with Gasteiger partial charge < -0.3 is 0 Å².